The molecule has 0 spiro atoms. The number of hydrogen-bond acceptors (Lipinski definition) is 4. The minimum Gasteiger partial charge on any atom is -0.480 e. The lowest BCUT2D eigenvalue weighted by Crippen LogP contribution is -2.43. The molecular weight excluding hydrogens is 293 g/mol. The van der Waals surface area contributed by atoms with Gasteiger partial charge in [-0.1, -0.05) is 6.08 Å². The number of carbonyl (C=O) groups excluding carboxylic acids is 1. The summed E-state index contributed by atoms with van der Waals surface area (Å²) in [6.07, 6.45) is 0.567. The Labute approximate surface area is 129 Å². The molecule has 0 aliphatic carbocycles. The van der Waals surface area contributed by atoms with E-state index < -0.39 is 29.5 Å². The first-order valence-corrected chi connectivity index (χ1v) is 6.84. The summed E-state index contributed by atoms with van der Waals surface area (Å²) in [6, 6.07) is -1.15. The van der Waals surface area contributed by atoms with Gasteiger partial charge in [0.25, 0.3) is 0 Å². The number of alkyl carbamates (subject to hydrolysis) is 1. The summed E-state index contributed by atoms with van der Waals surface area (Å²) in [5.41, 5.74) is 4.55. The Hall–Kier alpha value is -2.12. The second-order valence-corrected chi connectivity index (χ2v) is 5.72. The first kappa shape index (κ1) is 19.9. The summed E-state index contributed by atoms with van der Waals surface area (Å²) < 4.78 is 18.3. The number of hydrogen-bond donors (Lipinski definition) is 3. The quantitative estimate of drug-likeness (QED) is 0.490. The number of amides is 1. The zero-order valence-electron chi connectivity index (χ0n) is 13.4. The highest BCUT2D eigenvalue weighted by molar-refractivity contribution is 5.80. The molecule has 1 amide bonds. The van der Waals surface area contributed by atoms with Gasteiger partial charge in [-0.15, -0.1) is 0 Å². The minimum atomic E-state index is -1.21. The average Bonchev–Trinajstić information content (AvgIpc) is 2.32. The Bertz CT molecular complexity index is 451. The molecule has 126 valence electrons. The van der Waals surface area contributed by atoms with Gasteiger partial charge in [0.1, 0.15) is 17.5 Å². The lowest BCUT2D eigenvalue weighted by molar-refractivity contribution is -0.139. The number of carbonyl (C=O) groups is 2. The first-order valence-electron chi connectivity index (χ1n) is 6.84. The monoisotopic (exact) mass is 317 g/mol. The average molecular weight is 317 g/mol. The number of amidine groups is 1. The van der Waals surface area contributed by atoms with Gasteiger partial charge >= 0.3 is 12.1 Å². The van der Waals surface area contributed by atoms with Crippen LogP contribution in [-0.2, 0) is 9.53 Å². The minimum absolute atomic E-state index is 0.0350. The van der Waals surface area contributed by atoms with E-state index in [-0.39, 0.29) is 25.2 Å². The number of rotatable bonds is 7. The maximum absolute atomic E-state index is 13.3. The molecular formula is C14H24FN3O4. The molecule has 0 heterocycles. The fraction of sp³-hybridized carbons (Fsp3) is 0.643. The van der Waals surface area contributed by atoms with E-state index in [1.54, 1.807) is 27.7 Å². The summed E-state index contributed by atoms with van der Waals surface area (Å²) >= 11 is 0. The summed E-state index contributed by atoms with van der Waals surface area (Å²) in [7, 11) is 0. The predicted octanol–water partition coefficient (Wildman–Crippen LogP) is 1.98. The van der Waals surface area contributed by atoms with E-state index in [4.69, 9.17) is 15.6 Å². The summed E-state index contributed by atoms with van der Waals surface area (Å²) in [5, 5.41) is 11.3. The number of aliphatic imine (C=N–C) groups is 1. The zero-order chi connectivity index (χ0) is 17.3. The van der Waals surface area contributed by atoms with Gasteiger partial charge in [-0.2, -0.15) is 0 Å². The molecule has 0 aliphatic rings. The molecule has 0 aromatic rings. The van der Waals surface area contributed by atoms with Crippen LogP contribution in [0.3, 0.4) is 0 Å². The SMILES string of the molecule is CC(N)=NC/C(F)=C/CC[C@H](NC(=O)OC(C)(C)C)C(=O)O. The Morgan fingerprint density at radius 1 is 1.45 bits per heavy atom. The fourth-order valence-electron chi connectivity index (χ4n) is 1.38. The lowest BCUT2D eigenvalue weighted by atomic mass is 10.1. The zero-order valence-corrected chi connectivity index (χ0v) is 13.4. The Morgan fingerprint density at radius 2 is 2.05 bits per heavy atom. The molecule has 0 aromatic carbocycles. The van der Waals surface area contributed by atoms with E-state index in [1.807, 2.05) is 0 Å². The molecule has 1 atom stereocenters. The highest BCUT2D eigenvalue weighted by Gasteiger charge is 2.23. The molecule has 22 heavy (non-hydrogen) atoms. The number of carboxylic acid groups (broad SMARTS) is 1. The molecule has 0 aromatic heterocycles. The van der Waals surface area contributed by atoms with Crippen LogP contribution in [0.4, 0.5) is 9.18 Å². The second-order valence-electron chi connectivity index (χ2n) is 5.72. The number of ether oxygens (including phenoxy) is 1. The lowest BCUT2D eigenvalue weighted by Gasteiger charge is -2.21. The molecule has 7 nitrogen and oxygen atoms in total. The van der Waals surface area contributed by atoms with Crippen LogP contribution in [0.1, 0.15) is 40.5 Å². The standard InChI is InChI=1S/C14H24FN3O4/c1-9(16)17-8-10(15)6-5-7-11(12(19)20)18-13(21)22-14(2,3)4/h6,11H,5,7-8H2,1-4H3,(H2,16,17)(H,18,21)(H,19,20)/b10-6-/t11-/m0/s1. The van der Waals surface area contributed by atoms with Crippen LogP contribution < -0.4 is 11.1 Å². The molecule has 0 saturated heterocycles. The summed E-state index contributed by atoms with van der Waals surface area (Å²) in [4.78, 5) is 26.3. The largest absolute Gasteiger partial charge is 0.480 e. The predicted molar refractivity (Wildman–Crippen MR) is 81.4 cm³/mol. The van der Waals surface area contributed by atoms with E-state index in [0.29, 0.717) is 0 Å². The Kier molecular flexibility index (Phi) is 8.14. The fourth-order valence-corrected chi connectivity index (χ4v) is 1.38. The molecule has 0 bridgehead atoms. The van der Waals surface area contributed by atoms with Crippen LogP contribution in [0.25, 0.3) is 0 Å². The molecule has 8 heteroatoms. The van der Waals surface area contributed by atoms with Crippen molar-refractivity contribution in [3.63, 3.8) is 0 Å². The summed E-state index contributed by atoms with van der Waals surface area (Å²) in [5.74, 6) is -1.46. The van der Waals surface area contributed by atoms with E-state index in [2.05, 4.69) is 10.3 Å². The van der Waals surface area contributed by atoms with E-state index in [9.17, 15) is 14.0 Å². The molecule has 0 saturated carbocycles. The smallest absolute Gasteiger partial charge is 0.408 e. The number of nitrogens with two attached hydrogens (primary N) is 1. The molecule has 0 aliphatic heterocycles. The second kappa shape index (κ2) is 9.01. The highest BCUT2D eigenvalue weighted by atomic mass is 19.1. The van der Waals surface area contributed by atoms with Crippen LogP contribution in [0.5, 0.6) is 0 Å². The van der Waals surface area contributed by atoms with Gasteiger partial charge in [-0.3, -0.25) is 4.99 Å². The Balaban J connectivity index is 4.43. The van der Waals surface area contributed by atoms with Crippen molar-refractivity contribution in [1.29, 1.82) is 0 Å². The molecule has 0 unspecified atom stereocenters. The van der Waals surface area contributed by atoms with E-state index in [0.717, 1.165) is 0 Å². The normalized spacial score (nSPS) is 14.4. The van der Waals surface area contributed by atoms with Crippen molar-refractivity contribution in [3.05, 3.63) is 11.9 Å². The topological polar surface area (TPSA) is 114 Å². The number of carboxylic acids is 1. The number of aliphatic carboxylic acids is 1. The maximum atomic E-state index is 13.3. The van der Waals surface area contributed by atoms with Gasteiger partial charge in [0.05, 0.1) is 12.4 Å². The van der Waals surface area contributed by atoms with Gasteiger partial charge in [-0.05, 0) is 40.5 Å². The van der Waals surface area contributed by atoms with Crippen molar-refractivity contribution in [1.82, 2.24) is 5.32 Å². The van der Waals surface area contributed by atoms with Crippen molar-refractivity contribution < 1.29 is 23.8 Å². The molecule has 0 fully saturated rings. The van der Waals surface area contributed by atoms with Gasteiger partial charge in [0, 0.05) is 0 Å². The third-order valence-corrected chi connectivity index (χ3v) is 2.29. The number of allylic oxidation sites excluding steroid dienone is 1. The number of nitrogens with one attached hydrogen (secondary N) is 1. The molecule has 4 N–H and O–H groups in total. The highest BCUT2D eigenvalue weighted by Crippen LogP contribution is 2.09. The van der Waals surface area contributed by atoms with Crippen molar-refractivity contribution >= 4 is 17.9 Å². The third kappa shape index (κ3) is 10.6. The number of nitrogens with zero attached hydrogens (tertiary/aromatic N) is 1. The molecule has 0 rings (SSSR count). The van der Waals surface area contributed by atoms with Gasteiger partial charge in [0.2, 0.25) is 0 Å². The maximum Gasteiger partial charge on any atom is 0.408 e. The van der Waals surface area contributed by atoms with Crippen LogP contribution in [0.15, 0.2) is 16.9 Å². The van der Waals surface area contributed by atoms with Gasteiger partial charge < -0.3 is 20.9 Å². The van der Waals surface area contributed by atoms with Gasteiger partial charge in [-0.25, -0.2) is 14.0 Å². The van der Waals surface area contributed by atoms with Crippen molar-refractivity contribution in [2.45, 2.75) is 52.2 Å². The van der Waals surface area contributed by atoms with Gasteiger partial charge in [0.15, 0.2) is 0 Å². The van der Waals surface area contributed by atoms with Crippen LogP contribution in [-0.4, -0.2) is 41.2 Å². The van der Waals surface area contributed by atoms with E-state index in [1.165, 1.54) is 6.08 Å². The first-order chi connectivity index (χ1) is 10.0. The molecule has 0 radical (unpaired) electrons. The van der Waals surface area contributed by atoms with Crippen LogP contribution in [0, 0.1) is 0 Å². The summed E-state index contributed by atoms with van der Waals surface area (Å²) in [6.45, 7) is 6.36. The van der Waals surface area contributed by atoms with E-state index >= 15 is 0 Å². The number of halogens is 1. The van der Waals surface area contributed by atoms with Crippen molar-refractivity contribution in [2.24, 2.45) is 10.7 Å². The Morgan fingerprint density at radius 3 is 2.50 bits per heavy atom. The van der Waals surface area contributed by atoms with Crippen molar-refractivity contribution in [2.75, 3.05) is 6.54 Å². The van der Waals surface area contributed by atoms with Crippen molar-refractivity contribution in [3.8, 4) is 0 Å². The third-order valence-electron chi connectivity index (χ3n) is 2.29. The van der Waals surface area contributed by atoms with Crippen LogP contribution >= 0.6 is 0 Å². The van der Waals surface area contributed by atoms with Crippen LogP contribution in [0.2, 0.25) is 0 Å².